The molecule has 18 heavy (non-hydrogen) atoms. The molecule has 0 bridgehead atoms. The SMILES string of the molecule is CC1COC(CBr)CN1S(=O)(=O)c1ccccc1. The highest BCUT2D eigenvalue weighted by molar-refractivity contribution is 9.09. The zero-order valence-corrected chi connectivity index (χ0v) is 12.5. The van der Waals surface area contributed by atoms with Gasteiger partial charge in [0.2, 0.25) is 10.0 Å². The zero-order valence-electron chi connectivity index (χ0n) is 10.1. The molecule has 0 N–H and O–H groups in total. The first-order valence-corrected chi connectivity index (χ1v) is 8.36. The second kappa shape index (κ2) is 5.69. The largest absolute Gasteiger partial charge is 0.374 e. The van der Waals surface area contributed by atoms with Crippen molar-refractivity contribution in [1.82, 2.24) is 4.31 Å². The Hall–Kier alpha value is -0.430. The first kappa shape index (κ1) is 14.0. The van der Waals surface area contributed by atoms with Crippen molar-refractivity contribution >= 4 is 26.0 Å². The molecule has 1 saturated heterocycles. The third kappa shape index (κ3) is 2.77. The molecule has 1 aliphatic heterocycles. The van der Waals surface area contributed by atoms with Gasteiger partial charge in [-0.15, -0.1) is 0 Å². The van der Waals surface area contributed by atoms with Crippen LogP contribution < -0.4 is 0 Å². The molecule has 0 aromatic heterocycles. The van der Waals surface area contributed by atoms with Crippen LogP contribution in [0, 0.1) is 0 Å². The Morgan fingerprint density at radius 1 is 1.39 bits per heavy atom. The molecule has 100 valence electrons. The number of morpholine rings is 1. The van der Waals surface area contributed by atoms with E-state index in [4.69, 9.17) is 4.74 Å². The van der Waals surface area contributed by atoms with Crippen LogP contribution in [0.5, 0.6) is 0 Å². The van der Waals surface area contributed by atoms with Gasteiger partial charge in [-0.05, 0) is 19.1 Å². The molecule has 2 atom stereocenters. The summed E-state index contributed by atoms with van der Waals surface area (Å²) in [5.41, 5.74) is 0. The van der Waals surface area contributed by atoms with Gasteiger partial charge in [0.1, 0.15) is 0 Å². The maximum atomic E-state index is 12.5. The smallest absolute Gasteiger partial charge is 0.243 e. The standard InChI is InChI=1S/C12H16BrNO3S/c1-10-9-17-11(7-13)8-14(10)18(15,16)12-5-3-2-4-6-12/h2-6,10-11H,7-9H2,1H3. The fourth-order valence-corrected chi connectivity index (χ4v) is 4.01. The molecule has 0 aliphatic carbocycles. The number of nitrogens with zero attached hydrogens (tertiary/aromatic N) is 1. The van der Waals surface area contributed by atoms with Crippen molar-refractivity contribution < 1.29 is 13.2 Å². The lowest BCUT2D eigenvalue weighted by atomic mass is 10.2. The predicted molar refractivity (Wildman–Crippen MR) is 73.3 cm³/mol. The average molecular weight is 334 g/mol. The minimum absolute atomic E-state index is 0.0836. The van der Waals surface area contributed by atoms with Crippen molar-refractivity contribution in [2.75, 3.05) is 18.5 Å². The summed E-state index contributed by atoms with van der Waals surface area (Å²) in [5, 5.41) is 0.639. The molecule has 4 nitrogen and oxygen atoms in total. The Bertz CT molecular complexity index is 491. The molecule has 1 aromatic carbocycles. The highest BCUT2D eigenvalue weighted by Gasteiger charge is 2.34. The van der Waals surface area contributed by atoms with Crippen LogP contribution in [0.15, 0.2) is 35.2 Å². The molecule has 6 heteroatoms. The molecule has 1 fully saturated rings. The van der Waals surface area contributed by atoms with E-state index in [-0.39, 0.29) is 12.1 Å². The van der Waals surface area contributed by atoms with Gasteiger partial charge in [-0.1, -0.05) is 34.1 Å². The lowest BCUT2D eigenvalue weighted by Crippen LogP contribution is -2.51. The molecule has 0 radical (unpaired) electrons. The Kier molecular flexibility index (Phi) is 4.42. The van der Waals surface area contributed by atoms with Gasteiger partial charge in [-0.3, -0.25) is 0 Å². The summed E-state index contributed by atoms with van der Waals surface area (Å²) in [5.74, 6) is 0. The topological polar surface area (TPSA) is 46.6 Å². The minimum Gasteiger partial charge on any atom is -0.374 e. The lowest BCUT2D eigenvalue weighted by molar-refractivity contribution is -0.0139. The third-order valence-electron chi connectivity index (χ3n) is 2.97. The first-order valence-electron chi connectivity index (χ1n) is 5.80. The maximum Gasteiger partial charge on any atom is 0.243 e. The number of alkyl halides is 1. The van der Waals surface area contributed by atoms with Crippen LogP contribution >= 0.6 is 15.9 Å². The monoisotopic (exact) mass is 333 g/mol. The summed E-state index contributed by atoms with van der Waals surface area (Å²) in [6, 6.07) is 8.40. The Morgan fingerprint density at radius 2 is 2.06 bits per heavy atom. The Morgan fingerprint density at radius 3 is 2.67 bits per heavy atom. The summed E-state index contributed by atoms with van der Waals surface area (Å²) in [7, 11) is -3.42. The molecule has 1 heterocycles. The number of sulfonamides is 1. The van der Waals surface area contributed by atoms with Crippen LogP contribution in [0.1, 0.15) is 6.92 Å². The molecule has 2 unspecified atom stereocenters. The third-order valence-corrected chi connectivity index (χ3v) is 5.69. The lowest BCUT2D eigenvalue weighted by Gasteiger charge is -2.36. The van der Waals surface area contributed by atoms with Crippen LogP contribution in [0.3, 0.4) is 0 Å². The van der Waals surface area contributed by atoms with Crippen LogP contribution in [-0.4, -0.2) is 43.4 Å². The van der Waals surface area contributed by atoms with Crippen LogP contribution in [0.2, 0.25) is 0 Å². The number of rotatable bonds is 3. The van der Waals surface area contributed by atoms with Gasteiger partial charge < -0.3 is 4.74 Å². The normalized spacial score (nSPS) is 26.1. The van der Waals surface area contributed by atoms with Crippen molar-refractivity contribution in [1.29, 1.82) is 0 Å². The summed E-state index contributed by atoms with van der Waals surface area (Å²) >= 11 is 3.33. The molecule has 1 aromatic rings. The Balaban J connectivity index is 2.29. The van der Waals surface area contributed by atoms with Crippen LogP contribution in [-0.2, 0) is 14.8 Å². The van der Waals surface area contributed by atoms with E-state index in [0.717, 1.165) is 0 Å². The average Bonchev–Trinajstić information content (AvgIpc) is 2.40. The quantitative estimate of drug-likeness (QED) is 0.793. The van der Waals surface area contributed by atoms with Crippen molar-refractivity contribution in [2.45, 2.75) is 24.0 Å². The van der Waals surface area contributed by atoms with E-state index < -0.39 is 10.0 Å². The van der Waals surface area contributed by atoms with Crippen LogP contribution in [0.4, 0.5) is 0 Å². The van der Waals surface area contributed by atoms with Gasteiger partial charge in [-0.2, -0.15) is 4.31 Å². The fourth-order valence-electron chi connectivity index (χ4n) is 1.95. The number of halogens is 1. The van der Waals surface area contributed by atoms with Gasteiger partial charge in [-0.25, -0.2) is 8.42 Å². The van der Waals surface area contributed by atoms with Crippen molar-refractivity contribution in [3.05, 3.63) is 30.3 Å². The number of hydrogen-bond acceptors (Lipinski definition) is 3. The highest BCUT2D eigenvalue weighted by atomic mass is 79.9. The number of benzene rings is 1. The molecule has 0 saturated carbocycles. The summed E-state index contributed by atoms with van der Waals surface area (Å²) in [6.07, 6.45) is -0.0836. The van der Waals surface area contributed by atoms with Crippen molar-refractivity contribution in [2.24, 2.45) is 0 Å². The van der Waals surface area contributed by atoms with E-state index >= 15 is 0 Å². The van der Waals surface area contributed by atoms with E-state index in [2.05, 4.69) is 15.9 Å². The van der Waals surface area contributed by atoms with E-state index in [1.807, 2.05) is 13.0 Å². The van der Waals surface area contributed by atoms with Crippen molar-refractivity contribution in [3.8, 4) is 0 Å². The maximum absolute atomic E-state index is 12.5. The zero-order chi connectivity index (χ0) is 13.2. The summed E-state index contributed by atoms with van der Waals surface area (Å²) in [4.78, 5) is 0.340. The van der Waals surface area contributed by atoms with E-state index in [9.17, 15) is 8.42 Å². The van der Waals surface area contributed by atoms with Gasteiger partial charge in [0.25, 0.3) is 0 Å². The second-order valence-electron chi connectivity index (χ2n) is 4.35. The first-order chi connectivity index (χ1) is 8.55. The number of ether oxygens (including phenoxy) is 1. The molecule has 2 rings (SSSR count). The molecule has 1 aliphatic rings. The van der Waals surface area contributed by atoms with E-state index in [0.29, 0.717) is 23.4 Å². The molecule has 0 amide bonds. The Labute approximate surface area is 116 Å². The molecular formula is C12H16BrNO3S. The van der Waals surface area contributed by atoms with Gasteiger partial charge in [0.05, 0.1) is 17.6 Å². The predicted octanol–water partition coefficient (Wildman–Crippen LogP) is 1.86. The van der Waals surface area contributed by atoms with E-state index in [1.54, 1.807) is 24.3 Å². The minimum atomic E-state index is -3.42. The highest BCUT2D eigenvalue weighted by Crippen LogP contribution is 2.22. The van der Waals surface area contributed by atoms with E-state index in [1.165, 1.54) is 4.31 Å². The van der Waals surface area contributed by atoms with Crippen LogP contribution in [0.25, 0.3) is 0 Å². The number of hydrogen-bond donors (Lipinski definition) is 0. The summed E-state index contributed by atoms with van der Waals surface area (Å²) < 4.78 is 32.1. The van der Waals surface area contributed by atoms with Gasteiger partial charge in [0.15, 0.2) is 0 Å². The van der Waals surface area contributed by atoms with Crippen molar-refractivity contribution in [3.63, 3.8) is 0 Å². The fraction of sp³-hybridized carbons (Fsp3) is 0.500. The molecule has 0 spiro atoms. The summed E-state index contributed by atoms with van der Waals surface area (Å²) in [6.45, 7) is 2.69. The van der Waals surface area contributed by atoms with Gasteiger partial charge >= 0.3 is 0 Å². The molecular weight excluding hydrogens is 318 g/mol. The van der Waals surface area contributed by atoms with Gasteiger partial charge in [0, 0.05) is 17.9 Å². The second-order valence-corrected chi connectivity index (χ2v) is 6.88.